The number of hydrogen-bond donors (Lipinski definition) is 1. The monoisotopic (exact) mass is 212 g/mol. The highest BCUT2D eigenvalue weighted by Gasteiger charge is 2.32. The standard InChI is InChI=1S/C12H24N2O/c1-4-5-6-11(13)12(15)14-8-9(2)7-10(14)3/h9-11H,4-8,13H2,1-3H3. The van der Waals surface area contributed by atoms with Crippen LogP contribution in [-0.4, -0.2) is 29.4 Å². The third-order valence-corrected chi connectivity index (χ3v) is 3.25. The van der Waals surface area contributed by atoms with Gasteiger partial charge in [-0.15, -0.1) is 0 Å². The van der Waals surface area contributed by atoms with Gasteiger partial charge >= 0.3 is 0 Å². The van der Waals surface area contributed by atoms with E-state index in [1.807, 2.05) is 4.90 Å². The number of carbonyl (C=O) groups is 1. The number of likely N-dealkylation sites (tertiary alicyclic amines) is 1. The van der Waals surface area contributed by atoms with Crippen LogP contribution in [0.4, 0.5) is 0 Å². The zero-order valence-electron chi connectivity index (χ0n) is 10.2. The zero-order chi connectivity index (χ0) is 11.4. The van der Waals surface area contributed by atoms with Gasteiger partial charge in [-0.05, 0) is 25.7 Å². The lowest BCUT2D eigenvalue weighted by molar-refractivity contribution is -0.133. The molecular weight excluding hydrogens is 188 g/mol. The molecule has 0 saturated carbocycles. The van der Waals surface area contributed by atoms with E-state index in [-0.39, 0.29) is 11.9 Å². The normalized spacial score (nSPS) is 28.1. The summed E-state index contributed by atoms with van der Waals surface area (Å²) in [5, 5.41) is 0. The molecule has 1 heterocycles. The first-order valence-corrected chi connectivity index (χ1v) is 6.12. The van der Waals surface area contributed by atoms with Gasteiger partial charge in [0.05, 0.1) is 6.04 Å². The van der Waals surface area contributed by atoms with Crippen molar-refractivity contribution in [1.82, 2.24) is 4.90 Å². The maximum Gasteiger partial charge on any atom is 0.239 e. The first-order chi connectivity index (χ1) is 7.06. The second-order valence-corrected chi connectivity index (χ2v) is 4.93. The number of hydrogen-bond acceptors (Lipinski definition) is 2. The van der Waals surface area contributed by atoms with Crippen LogP contribution in [0.25, 0.3) is 0 Å². The molecule has 0 aromatic heterocycles. The molecule has 0 spiro atoms. The molecule has 3 unspecified atom stereocenters. The largest absolute Gasteiger partial charge is 0.338 e. The number of unbranched alkanes of at least 4 members (excludes halogenated alkanes) is 1. The van der Waals surface area contributed by atoms with Crippen LogP contribution < -0.4 is 5.73 Å². The van der Waals surface area contributed by atoms with Crippen LogP contribution in [-0.2, 0) is 4.79 Å². The smallest absolute Gasteiger partial charge is 0.239 e. The minimum atomic E-state index is -0.280. The lowest BCUT2D eigenvalue weighted by atomic mass is 10.1. The predicted octanol–water partition coefficient (Wildman–Crippen LogP) is 1.76. The summed E-state index contributed by atoms with van der Waals surface area (Å²) in [6, 6.07) is 0.0953. The Balaban J connectivity index is 2.45. The fraction of sp³-hybridized carbons (Fsp3) is 0.917. The minimum Gasteiger partial charge on any atom is -0.338 e. The molecule has 0 bridgehead atoms. The third kappa shape index (κ3) is 3.20. The molecule has 1 amide bonds. The molecule has 1 fully saturated rings. The summed E-state index contributed by atoms with van der Waals surface area (Å²) in [5.41, 5.74) is 5.90. The Hall–Kier alpha value is -0.570. The van der Waals surface area contributed by atoms with Crippen LogP contribution in [0.5, 0.6) is 0 Å². The molecule has 3 heteroatoms. The van der Waals surface area contributed by atoms with Crippen molar-refractivity contribution in [2.75, 3.05) is 6.54 Å². The highest BCUT2D eigenvalue weighted by molar-refractivity contribution is 5.82. The Kier molecular flexibility index (Phi) is 4.58. The number of amides is 1. The van der Waals surface area contributed by atoms with Crippen LogP contribution in [0, 0.1) is 5.92 Å². The first kappa shape index (κ1) is 12.5. The maximum absolute atomic E-state index is 12.0. The molecule has 0 aromatic rings. The van der Waals surface area contributed by atoms with Gasteiger partial charge in [0.1, 0.15) is 0 Å². The fourth-order valence-electron chi connectivity index (χ4n) is 2.37. The van der Waals surface area contributed by atoms with E-state index in [4.69, 9.17) is 5.73 Å². The van der Waals surface area contributed by atoms with E-state index in [9.17, 15) is 4.79 Å². The van der Waals surface area contributed by atoms with Crippen molar-refractivity contribution in [2.45, 2.75) is 58.5 Å². The molecule has 0 aromatic carbocycles. The first-order valence-electron chi connectivity index (χ1n) is 6.12. The molecule has 1 rings (SSSR count). The van der Waals surface area contributed by atoms with Crippen LogP contribution in [0.1, 0.15) is 46.5 Å². The number of nitrogens with two attached hydrogens (primary N) is 1. The van der Waals surface area contributed by atoms with Gasteiger partial charge < -0.3 is 10.6 Å². The fourth-order valence-corrected chi connectivity index (χ4v) is 2.37. The van der Waals surface area contributed by atoms with E-state index in [1.165, 1.54) is 0 Å². The molecule has 3 nitrogen and oxygen atoms in total. The molecule has 0 radical (unpaired) electrons. The van der Waals surface area contributed by atoms with Crippen molar-refractivity contribution in [3.05, 3.63) is 0 Å². The lowest BCUT2D eigenvalue weighted by Gasteiger charge is -2.24. The highest BCUT2D eigenvalue weighted by Crippen LogP contribution is 2.23. The number of nitrogens with zero attached hydrogens (tertiary/aromatic N) is 1. The molecule has 15 heavy (non-hydrogen) atoms. The summed E-state index contributed by atoms with van der Waals surface area (Å²) in [6.07, 6.45) is 4.09. The molecule has 0 aliphatic carbocycles. The van der Waals surface area contributed by atoms with E-state index < -0.39 is 0 Å². The van der Waals surface area contributed by atoms with Gasteiger partial charge in [0.25, 0.3) is 0 Å². The number of carbonyl (C=O) groups excluding carboxylic acids is 1. The Bertz CT molecular complexity index is 218. The Labute approximate surface area is 93.0 Å². The molecule has 3 atom stereocenters. The van der Waals surface area contributed by atoms with Gasteiger partial charge in [-0.25, -0.2) is 0 Å². The second-order valence-electron chi connectivity index (χ2n) is 4.93. The van der Waals surface area contributed by atoms with Gasteiger partial charge in [0, 0.05) is 12.6 Å². The van der Waals surface area contributed by atoms with Crippen molar-refractivity contribution >= 4 is 5.91 Å². The summed E-state index contributed by atoms with van der Waals surface area (Å²) in [6.45, 7) is 7.33. The van der Waals surface area contributed by atoms with Crippen molar-refractivity contribution in [3.8, 4) is 0 Å². The Morgan fingerprint density at radius 1 is 1.53 bits per heavy atom. The average molecular weight is 212 g/mol. The molecule has 1 aliphatic rings. The zero-order valence-corrected chi connectivity index (χ0v) is 10.2. The van der Waals surface area contributed by atoms with E-state index in [1.54, 1.807) is 0 Å². The van der Waals surface area contributed by atoms with Crippen LogP contribution in [0.2, 0.25) is 0 Å². The van der Waals surface area contributed by atoms with E-state index in [0.29, 0.717) is 12.0 Å². The van der Waals surface area contributed by atoms with Gasteiger partial charge in [-0.1, -0.05) is 26.7 Å². The van der Waals surface area contributed by atoms with Crippen LogP contribution >= 0.6 is 0 Å². The van der Waals surface area contributed by atoms with Gasteiger partial charge in [-0.2, -0.15) is 0 Å². The lowest BCUT2D eigenvalue weighted by Crippen LogP contribution is -2.45. The van der Waals surface area contributed by atoms with Crippen molar-refractivity contribution in [1.29, 1.82) is 0 Å². The second kappa shape index (κ2) is 5.50. The van der Waals surface area contributed by atoms with Gasteiger partial charge in [0.2, 0.25) is 5.91 Å². The van der Waals surface area contributed by atoms with Gasteiger partial charge in [-0.3, -0.25) is 4.79 Å². The third-order valence-electron chi connectivity index (χ3n) is 3.25. The maximum atomic E-state index is 12.0. The van der Waals surface area contributed by atoms with E-state index in [0.717, 1.165) is 32.2 Å². The van der Waals surface area contributed by atoms with Crippen LogP contribution in [0.15, 0.2) is 0 Å². The van der Waals surface area contributed by atoms with E-state index >= 15 is 0 Å². The Morgan fingerprint density at radius 3 is 2.67 bits per heavy atom. The van der Waals surface area contributed by atoms with Crippen LogP contribution in [0.3, 0.4) is 0 Å². The SMILES string of the molecule is CCCCC(N)C(=O)N1CC(C)CC1C. The summed E-state index contributed by atoms with van der Waals surface area (Å²) in [7, 11) is 0. The summed E-state index contributed by atoms with van der Waals surface area (Å²) in [5.74, 6) is 0.780. The minimum absolute atomic E-state index is 0.153. The molecule has 2 N–H and O–H groups in total. The quantitative estimate of drug-likeness (QED) is 0.772. The molecular formula is C12H24N2O. The average Bonchev–Trinajstić information content (AvgIpc) is 2.53. The summed E-state index contributed by atoms with van der Waals surface area (Å²) < 4.78 is 0. The topological polar surface area (TPSA) is 46.3 Å². The van der Waals surface area contributed by atoms with Crippen molar-refractivity contribution in [2.24, 2.45) is 11.7 Å². The van der Waals surface area contributed by atoms with E-state index in [2.05, 4.69) is 20.8 Å². The number of rotatable bonds is 4. The molecule has 1 saturated heterocycles. The summed E-state index contributed by atoms with van der Waals surface area (Å²) in [4.78, 5) is 14.0. The van der Waals surface area contributed by atoms with Crippen molar-refractivity contribution in [3.63, 3.8) is 0 Å². The Morgan fingerprint density at radius 2 is 2.20 bits per heavy atom. The highest BCUT2D eigenvalue weighted by atomic mass is 16.2. The van der Waals surface area contributed by atoms with Crippen molar-refractivity contribution < 1.29 is 4.79 Å². The molecule has 1 aliphatic heterocycles. The molecule has 88 valence electrons. The summed E-state index contributed by atoms with van der Waals surface area (Å²) >= 11 is 0. The van der Waals surface area contributed by atoms with Gasteiger partial charge in [0.15, 0.2) is 0 Å². The predicted molar refractivity (Wildman–Crippen MR) is 62.5 cm³/mol.